The quantitative estimate of drug-likeness (QED) is 0.654. The first-order chi connectivity index (χ1) is 14.5. The maximum Gasteiger partial charge on any atom is 0.249 e. The number of piperazine rings is 1. The number of carbonyl (C=O) groups excluding carboxylic acids is 2. The molecule has 1 aromatic heterocycles. The fourth-order valence-electron chi connectivity index (χ4n) is 3.72. The van der Waals surface area contributed by atoms with Crippen LogP contribution in [0.5, 0.6) is 0 Å². The van der Waals surface area contributed by atoms with Gasteiger partial charge in [0.15, 0.2) is 0 Å². The van der Waals surface area contributed by atoms with Gasteiger partial charge in [0.25, 0.3) is 0 Å². The molecule has 0 aliphatic carbocycles. The Morgan fingerprint density at radius 3 is 2.50 bits per heavy atom. The number of fused-ring (bicyclic) bond motifs is 1. The molecule has 8 heteroatoms. The van der Waals surface area contributed by atoms with Crippen LogP contribution >= 0.6 is 11.6 Å². The zero-order valence-corrected chi connectivity index (χ0v) is 17.0. The van der Waals surface area contributed by atoms with Gasteiger partial charge in [0, 0.05) is 47.7 Å². The van der Waals surface area contributed by atoms with Crippen LogP contribution in [0.25, 0.3) is 22.0 Å². The molecular formula is C22H20ClN5O2. The SMILES string of the molecule is C=CC(=O)N1CCN(c2ncnc3cc(-c4ccccc4C(N)=O)c(Cl)cc23)CC1. The second kappa shape index (κ2) is 8.12. The number of nitrogens with two attached hydrogens (primary N) is 1. The van der Waals surface area contributed by atoms with Gasteiger partial charge in [-0.15, -0.1) is 0 Å². The average Bonchev–Trinajstić information content (AvgIpc) is 2.78. The molecule has 0 saturated carbocycles. The molecule has 0 radical (unpaired) electrons. The van der Waals surface area contributed by atoms with Gasteiger partial charge in [-0.1, -0.05) is 36.4 Å². The zero-order valence-electron chi connectivity index (χ0n) is 16.2. The Morgan fingerprint density at radius 1 is 1.07 bits per heavy atom. The van der Waals surface area contributed by atoms with Crippen LogP contribution in [0.3, 0.4) is 0 Å². The second-order valence-corrected chi connectivity index (χ2v) is 7.38. The molecule has 2 amide bonds. The minimum atomic E-state index is -0.517. The monoisotopic (exact) mass is 421 g/mol. The van der Waals surface area contributed by atoms with Crippen molar-refractivity contribution < 1.29 is 9.59 Å². The minimum Gasteiger partial charge on any atom is -0.366 e. The predicted octanol–water partition coefficient (Wildman–Crippen LogP) is 2.88. The lowest BCUT2D eigenvalue weighted by Crippen LogP contribution is -2.48. The summed E-state index contributed by atoms with van der Waals surface area (Å²) in [6, 6.07) is 10.7. The molecule has 0 atom stereocenters. The van der Waals surface area contributed by atoms with E-state index in [1.54, 1.807) is 17.0 Å². The smallest absolute Gasteiger partial charge is 0.249 e. The first-order valence-corrected chi connectivity index (χ1v) is 9.87. The third kappa shape index (κ3) is 3.59. The first-order valence-electron chi connectivity index (χ1n) is 9.49. The Kier molecular flexibility index (Phi) is 5.37. The minimum absolute atomic E-state index is 0.0667. The summed E-state index contributed by atoms with van der Waals surface area (Å²) in [4.78, 5) is 36.4. The van der Waals surface area contributed by atoms with Crippen molar-refractivity contribution in [3.63, 3.8) is 0 Å². The number of amides is 2. The van der Waals surface area contributed by atoms with Crippen molar-refractivity contribution in [3.05, 3.63) is 66.0 Å². The summed E-state index contributed by atoms with van der Waals surface area (Å²) in [6.07, 6.45) is 2.84. The van der Waals surface area contributed by atoms with Gasteiger partial charge < -0.3 is 15.5 Å². The average molecular weight is 422 g/mol. The zero-order chi connectivity index (χ0) is 21.3. The number of nitrogens with zero attached hydrogens (tertiary/aromatic N) is 4. The number of hydrogen-bond acceptors (Lipinski definition) is 5. The maximum atomic E-state index is 11.8. The lowest BCUT2D eigenvalue weighted by Gasteiger charge is -2.35. The summed E-state index contributed by atoms with van der Waals surface area (Å²) < 4.78 is 0. The molecule has 0 unspecified atom stereocenters. The number of primary amides is 1. The van der Waals surface area contributed by atoms with E-state index in [2.05, 4.69) is 21.4 Å². The number of carbonyl (C=O) groups is 2. The lowest BCUT2D eigenvalue weighted by atomic mass is 9.98. The van der Waals surface area contributed by atoms with Gasteiger partial charge in [-0.05, 0) is 29.8 Å². The molecular weight excluding hydrogens is 402 g/mol. The number of benzene rings is 2. The van der Waals surface area contributed by atoms with E-state index in [1.807, 2.05) is 24.3 Å². The highest BCUT2D eigenvalue weighted by Gasteiger charge is 2.23. The Morgan fingerprint density at radius 2 is 1.80 bits per heavy atom. The topological polar surface area (TPSA) is 92.4 Å². The van der Waals surface area contributed by atoms with E-state index in [0.29, 0.717) is 53.4 Å². The van der Waals surface area contributed by atoms with E-state index >= 15 is 0 Å². The Balaban J connectivity index is 1.73. The van der Waals surface area contributed by atoms with Gasteiger partial charge in [0.05, 0.1) is 5.52 Å². The molecule has 1 aliphatic rings. The van der Waals surface area contributed by atoms with E-state index in [0.717, 1.165) is 11.2 Å². The van der Waals surface area contributed by atoms with Crippen molar-refractivity contribution in [1.29, 1.82) is 0 Å². The Bertz CT molecular complexity index is 1160. The van der Waals surface area contributed by atoms with Crippen molar-refractivity contribution in [2.75, 3.05) is 31.1 Å². The predicted molar refractivity (Wildman–Crippen MR) is 117 cm³/mol. The molecule has 0 spiro atoms. The largest absolute Gasteiger partial charge is 0.366 e. The molecule has 1 fully saturated rings. The van der Waals surface area contributed by atoms with Crippen molar-refractivity contribution >= 4 is 40.1 Å². The van der Waals surface area contributed by atoms with E-state index in [4.69, 9.17) is 17.3 Å². The summed E-state index contributed by atoms with van der Waals surface area (Å²) >= 11 is 6.62. The van der Waals surface area contributed by atoms with Crippen LogP contribution in [-0.4, -0.2) is 52.9 Å². The molecule has 7 nitrogen and oxygen atoms in total. The summed E-state index contributed by atoms with van der Waals surface area (Å²) in [5.74, 6) is 0.183. The normalized spacial score (nSPS) is 14.0. The van der Waals surface area contributed by atoms with Crippen molar-refractivity contribution in [2.24, 2.45) is 5.73 Å². The third-order valence-electron chi connectivity index (χ3n) is 5.25. The van der Waals surface area contributed by atoms with Crippen LogP contribution in [0.1, 0.15) is 10.4 Å². The van der Waals surface area contributed by atoms with Crippen molar-refractivity contribution in [3.8, 4) is 11.1 Å². The van der Waals surface area contributed by atoms with Gasteiger partial charge in [-0.3, -0.25) is 9.59 Å². The van der Waals surface area contributed by atoms with Gasteiger partial charge in [0.2, 0.25) is 11.8 Å². The molecule has 4 rings (SSSR count). The number of anilines is 1. The van der Waals surface area contributed by atoms with Crippen LogP contribution < -0.4 is 10.6 Å². The van der Waals surface area contributed by atoms with Crippen molar-refractivity contribution in [2.45, 2.75) is 0 Å². The highest BCUT2D eigenvalue weighted by Crippen LogP contribution is 2.36. The van der Waals surface area contributed by atoms with Crippen LogP contribution in [-0.2, 0) is 4.79 Å². The maximum absolute atomic E-state index is 11.8. The fraction of sp³-hybridized carbons (Fsp3) is 0.182. The van der Waals surface area contributed by atoms with Gasteiger partial charge in [0.1, 0.15) is 12.1 Å². The Labute approximate surface area is 178 Å². The second-order valence-electron chi connectivity index (χ2n) is 6.97. The number of hydrogen-bond donors (Lipinski definition) is 1. The highest BCUT2D eigenvalue weighted by molar-refractivity contribution is 6.34. The van der Waals surface area contributed by atoms with Gasteiger partial charge >= 0.3 is 0 Å². The van der Waals surface area contributed by atoms with Crippen LogP contribution in [0.4, 0.5) is 5.82 Å². The number of aromatic nitrogens is 2. The molecule has 2 N–H and O–H groups in total. The highest BCUT2D eigenvalue weighted by atomic mass is 35.5. The lowest BCUT2D eigenvalue weighted by molar-refractivity contribution is -0.126. The summed E-state index contributed by atoms with van der Waals surface area (Å²) in [6.45, 7) is 6.02. The number of halogens is 1. The summed E-state index contributed by atoms with van der Waals surface area (Å²) in [7, 11) is 0. The standard InChI is InChI=1S/C22H20ClN5O2/c1-2-20(29)27-7-9-28(10-8-27)22-17-11-18(23)16(12-19(17)25-13-26-22)14-5-3-4-6-15(14)21(24)30/h2-6,11-13H,1,7-10H2,(H2,24,30). The van der Waals surface area contributed by atoms with Crippen molar-refractivity contribution in [1.82, 2.24) is 14.9 Å². The van der Waals surface area contributed by atoms with Crippen LogP contribution in [0, 0.1) is 0 Å². The Hall–Kier alpha value is -3.45. The molecule has 0 bridgehead atoms. The molecule has 152 valence electrons. The van der Waals surface area contributed by atoms with Gasteiger partial charge in [-0.2, -0.15) is 0 Å². The fourth-order valence-corrected chi connectivity index (χ4v) is 3.99. The molecule has 30 heavy (non-hydrogen) atoms. The third-order valence-corrected chi connectivity index (χ3v) is 5.56. The van der Waals surface area contributed by atoms with Gasteiger partial charge in [-0.25, -0.2) is 9.97 Å². The van der Waals surface area contributed by atoms with Crippen LogP contribution in [0.2, 0.25) is 5.02 Å². The molecule has 1 aliphatic heterocycles. The van der Waals surface area contributed by atoms with E-state index < -0.39 is 5.91 Å². The molecule has 2 aromatic carbocycles. The molecule has 1 saturated heterocycles. The van der Waals surface area contributed by atoms with E-state index in [-0.39, 0.29) is 5.91 Å². The summed E-state index contributed by atoms with van der Waals surface area (Å²) in [5, 5.41) is 1.29. The number of rotatable bonds is 4. The molecule has 2 heterocycles. The van der Waals surface area contributed by atoms with E-state index in [9.17, 15) is 9.59 Å². The van der Waals surface area contributed by atoms with E-state index in [1.165, 1.54) is 12.4 Å². The summed E-state index contributed by atoms with van der Waals surface area (Å²) in [5.41, 5.74) is 7.99. The molecule has 3 aromatic rings. The van der Waals surface area contributed by atoms with Crippen LogP contribution in [0.15, 0.2) is 55.4 Å². The first kappa shape index (κ1) is 19.8.